The Labute approximate surface area is 217 Å². The number of ketones is 3. The largest absolute Gasteiger partial charge is 0.507 e. The Balaban J connectivity index is 1.65. The minimum atomic E-state index is -1.52. The molecule has 1 saturated heterocycles. The Morgan fingerprint density at radius 2 is 1.79 bits per heavy atom. The van der Waals surface area contributed by atoms with Crippen LogP contribution in [0, 0.1) is 5.92 Å². The summed E-state index contributed by atoms with van der Waals surface area (Å²) in [4.78, 5) is 39.6. The summed E-state index contributed by atoms with van der Waals surface area (Å²) in [7, 11) is 1.34. The Morgan fingerprint density at radius 1 is 1.05 bits per heavy atom. The number of hydrogen-bond donors (Lipinski definition) is 5. The highest BCUT2D eigenvalue weighted by Gasteiger charge is 2.44. The molecule has 1 aliphatic heterocycles. The maximum absolute atomic E-state index is 13.6. The molecule has 0 radical (unpaired) electrons. The third kappa shape index (κ3) is 4.16. The highest BCUT2D eigenvalue weighted by atomic mass is 16.7. The van der Waals surface area contributed by atoms with E-state index >= 15 is 0 Å². The van der Waals surface area contributed by atoms with Gasteiger partial charge in [0.2, 0.25) is 5.78 Å². The Kier molecular flexibility index (Phi) is 6.97. The van der Waals surface area contributed by atoms with Gasteiger partial charge in [0, 0.05) is 22.6 Å². The van der Waals surface area contributed by atoms with Crippen molar-refractivity contribution in [3.8, 4) is 17.2 Å². The summed E-state index contributed by atoms with van der Waals surface area (Å²) in [6, 6.07) is 4.45. The number of fused-ring (bicyclic) bond motifs is 3. The third-order valence-corrected chi connectivity index (χ3v) is 7.52. The second kappa shape index (κ2) is 10.1. The molecule has 2 aromatic carbocycles. The molecule has 11 nitrogen and oxygen atoms in total. The van der Waals surface area contributed by atoms with E-state index in [9.17, 15) is 39.9 Å². The molecule has 0 aromatic heterocycles. The quantitative estimate of drug-likeness (QED) is 0.301. The highest BCUT2D eigenvalue weighted by molar-refractivity contribution is 6.31. The van der Waals surface area contributed by atoms with Gasteiger partial charge in [0.15, 0.2) is 24.1 Å². The summed E-state index contributed by atoms with van der Waals surface area (Å²) in [6.45, 7) is -0.764. The topological polar surface area (TPSA) is 180 Å². The van der Waals surface area contributed by atoms with Crippen LogP contribution < -0.4 is 4.74 Å². The van der Waals surface area contributed by atoms with Crippen molar-refractivity contribution in [3.05, 3.63) is 51.6 Å². The van der Waals surface area contributed by atoms with E-state index in [1.54, 1.807) is 0 Å². The highest BCUT2D eigenvalue weighted by Crippen LogP contribution is 2.51. The molecule has 1 fully saturated rings. The summed E-state index contributed by atoms with van der Waals surface area (Å²) >= 11 is 0. The van der Waals surface area contributed by atoms with Crippen LogP contribution >= 0.6 is 0 Å². The van der Waals surface area contributed by atoms with Crippen molar-refractivity contribution in [3.63, 3.8) is 0 Å². The fourth-order valence-electron chi connectivity index (χ4n) is 5.61. The summed E-state index contributed by atoms with van der Waals surface area (Å²) in [6.07, 6.45) is -3.93. The number of carbonyl (C=O) groups is 3. The molecule has 4 unspecified atom stereocenters. The zero-order valence-corrected chi connectivity index (χ0v) is 20.5. The van der Waals surface area contributed by atoms with Crippen LogP contribution in [0.5, 0.6) is 17.2 Å². The second-order valence-corrected chi connectivity index (χ2v) is 9.72. The fraction of sp³-hybridized carbons (Fsp3) is 0.444. The third-order valence-electron chi connectivity index (χ3n) is 7.52. The molecule has 5 rings (SSSR count). The van der Waals surface area contributed by atoms with Crippen molar-refractivity contribution in [2.75, 3.05) is 13.7 Å². The van der Waals surface area contributed by atoms with Gasteiger partial charge in [-0.3, -0.25) is 14.4 Å². The number of aliphatic hydroxyl groups is 3. The van der Waals surface area contributed by atoms with Crippen LogP contribution in [0.2, 0.25) is 0 Å². The number of phenolic OH excluding ortho intramolecular Hbond substituents is 2. The molecule has 0 saturated carbocycles. The lowest BCUT2D eigenvalue weighted by Gasteiger charge is -2.35. The number of hydrogen-bond acceptors (Lipinski definition) is 11. The van der Waals surface area contributed by atoms with Crippen LogP contribution in [-0.4, -0.2) is 75.3 Å². The first kappa shape index (κ1) is 26.3. The van der Waals surface area contributed by atoms with Crippen molar-refractivity contribution >= 4 is 17.3 Å². The molecule has 2 aliphatic carbocycles. The van der Waals surface area contributed by atoms with Gasteiger partial charge in [0.05, 0.1) is 29.9 Å². The van der Waals surface area contributed by atoms with Gasteiger partial charge < -0.3 is 39.7 Å². The van der Waals surface area contributed by atoms with Crippen molar-refractivity contribution in [2.24, 2.45) is 5.92 Å². The minimum Gasteiger partial charge on any atom is -0.507 e. The molecule has 11 heteroatoms. The summed E-state index contributed by atoms with van der Waals surface area (Å²) in [5, 5.41) is 52.2. The van der Waals surface area contributed by atoms with Gasteiger partial charge in [-0.05, 0) is 38.2 Å². The number of aliphatic hydroxyl groups excluding tert-OH is 3. The van der Waals surface area contributed by atoms with E-state index in [1.807, 2.05) is 0 Å². The van der Waals surface area contributed by atoms with Crippen LogP contribution in [-0.2, 0) is 20.7 Å². The lowest BCUT2D eigenvalue weighted by molar-refractivity contribution is -0.263. The zero-order valence-electron chi connectivity index (χ0n) is 20.5. The fourth-order valence-corrected chi connectivity index (χ4v) is 5.61. The SMILES string of the molecule is COc1cccc2c1C(=O)c1c(O)c3c(c(O)c1C2=O)CC(C(=O)CO)C[C@@H]3OC1CCCC(O)C(O)O1. The molecule has 3 aliphatic rings. The standard InChI is InChI=1S/C27H28O11/c1-36-16-6-2-4-12-19(16)25(33)22-21(23(12)31)24(32)13-8-11(15(30)10-28)9-17(20(13)26(22)34)37-18-7-3-5-14(29)27(35)38-18/h2,4,6,11,14,17-18,27-29,32,34-35H,3,5,7-10H2,1H3/t11?,14?,17-,18?,27?/m0/s1. The average molecular weight is 529 g/mol. The van der Waals surface area contributed by atoms with Crippen molar-refractivity contribution < 1.29 is 54.1 Å². The minimum absolute atomic E-state index is 0.00231. The van der Waals surface area contributed by atoms with Gasteiger partial charge in [-0.1, -0.05) is 12.1 Å². The summed E-state index contributed by atoms with van der Waals surface area (Å²) < 4.78 is 16.8. The molecule has 202 valence electrons. The van der Waals surface area contributed by atoms with E-state index in [0.29, 0.717) is 6.42 Å². The molecule has 0 spiro atoms. The Hall–Kier alpha value is -3.35. The average Bonchev–Trinajstić information content (AvgIpc) is 3.07. The van der Waals surface area contributed by atoms with Crippen LogP contribution in [0.3, 0.4) is 0 Å². The first-order valence-electron chi connectivity index (χ1n) is 12.4. The zero-order chi connectivity index (χ0) is 27.3. The number of rotatable bonds is 5. The first-order chi connectivity index (χ1) is 18.2. The van der Waals surface area contributed by atoms with E-state index in [-0.39, 0.29) is 59.3 Å². The van der Waals surface area contributed by atoms with Gasteiger partial charge >= 0.3 is 0 Å². The smallest absolute Gasteiger partial charge is 0.202 e. The molecule has 2 aromatic rings. The maximum atomic E-state index is 13.6. The van der Waals surface area contributed by atoms with E-state index in [4.69, 9.17) is 14.2 Å². The molecule has 1 heterocycles. The predicted octanol–water partition coefficient (Wildman–Crippen LogP) is 1.27. The van der Waals surface area contributed by atoms with Gasteiger partial charge in [-0.25, -0.2) is 0 Å². The Bertz CT molecular complexity index is 1320. The van der Waals surface area contributed by atoms with Crippen molar-refractivity contribution in [2.45, 2.75) is 56.9 Å². The lowest BCUT2D eigenvalue weighted by Crippen LogP contribution is -2.34. The van der Waals surface area contributed by atoms with Gasteiger partial charge in [0.1, 0.15) is 30.0 Å². The monoisotopic (exact) mass is 528 g/mol. The van der Waals surface area contributed by atoms with Crippen LogP contribution in [0.25, 0.3) is 0 Å². The van der Waals surface area contributed by atoms with Crippen molar-refractivity contribution in [1.82, 2.24) is 0 Å². The molecular weight excluding hydrogens is 500 g/mol. The molecule has 0 bridgehead atoms. The normalized spacial score (nSPS) is 26.7. The van der Waals surface area contributed by atoms with Gasteiger partial charge in [-0.15, -0.1) is 0 Å². The maximum Gasteiger partial charge on any atom is 0.202 e. The molecule has 5 atom stereocenters. The number of carbonyl (C=O) groups excluding carboxylic acids is 3. The van der Waals surface area contributed by atoms with E-state index in [2.05, 4.69) is 0 Å². The number of aromatic hydroxyl groups is 2. The number of methoxy groups -OCH3 is 1. The number of phenols is 2. The van der Waals surface area contributed by atoms with Gasteiger partial charge in [-0.2, -0.15) is 0 Å². The summed E-state index contributed by atoms with van der Waals surface area (Å²) in [5.41, 5.74) is -0.764. The van der Waals surface area contributed by atoms with Crippen molar-refractivity contribution in [1.29, 1.82) is 0 Å². The van der Waals surface area contributed by atoms with Gasteiger partial charge in [0.25, 0.3) is 0 Å². The molecule has 38 heavy (non-hydrogen) atoms. The van der Waals surface area contributed by atoms with E-state index < -0.39 is 71.7 Å². The molecule has 5 N–H and O–H groups in total. The lowest BCUT2D eigenvalue weighted by atomic mass is 9.73. The number of benzene rings is 2. The first-order valence-corrected chi connectivity index (χ1v) is 12.4. The number of Topliss-reactive ketones (excluding diaryl/α,β-unsaturated/α-hetero) is 1. The van der Waals surface area contributed by atoms with Crippen LogP contribution in [0.15, 0.2) is 18.2 Å². The number of ether oxygens (including phenoxy) is 3. The van der Waals surface area contributed by atoms with E-state index in [1.165, 1.54) is 25.3 Å². The second-order valence-electron chi connectivity index (χ2n) is 9.72. The predicted molar refractivity (Wildman–Crippen MR) is 128 cm³/mol. The van der Waals surface area contributed by atoms with Crippen LogP contribution in [0.4, 0.5) is 0 Å². The van der Waals surface area contributed by atoms with Crippen LogP contribution in [0.1, 0.15) is 74.8 Å². The molecular formula is C27H28O11. The van der Waals surface area contributed by atoms with E-state index in [0.717, 1.165) is 0 Å². The molecule has 0 amide bonds. The Morgan fingerprint density at radius 3 is 2.50 bits per heavy atom. The summed E-state index contributed by atoms with van der Waals surface area (Å²) in [5.74, 6) is -3.78.